The minimum atomic E-state index is -3.44. The lowest BCUT2D eigenvalue weighted by molar-refractivity contribution is 0.548. The summed E-state index contributed by atoms with van der Waals surface area (Å²) in [6.07, 6.45) is 4.93. The molecule has 23 heavy (non-hydrogen) atoms. The molecule has 2 aliphatic rings. The van der Waals surface area contributed by atoms with Crippen molar-refractivity contribution in [2.24, 2.45) is 0 Å². The van der Waals surface area contributed by atoms with E-state index in [-0.39, 0.29) is 0 Å². The largest absolute Gasteiger partial charge is 0.268 e. The quantitative estimate of drug-likeness (QED) is 0.848. The van der Waals surface area contributed by atoms with Crippen molar-refractivity contribution in [3.63, 3.8) is 0 Å². The first-order valence-electron chi connectivity index (χ1n) is 8.26. The molecule has 2 aliphatic carbocycles. The molecule has 1 aromatic carbocycles. The Kier molecular flexibility index (Phi) is 3.73. The van der Waals surface area contributed by atoms with Crippen molar-refractivity contribution >= 4 is 10.0 Å². The van der Waals surface area contributed by atoms with Gasteiger partial charge in [-0.1, -0.05) is 18.2 Å². The summed E-state index contributed by atoms with van der Waals surface area (Å²) >= 11 is 0. The molecule has 0 amide bonds. The number of hydrogen-bond donors (Lipinski definition) is 1. The van der Waals surface area contributed by atoms with E-state index in [9.17, 15) is 8.42 Å². The van der Waals surface area contributed by atoms with Crippen molar-refractivity contribution in [1.82, 2.24) is 14.5 Å². The van der Waals surface area contributed by atoms with E-state index in [4.69, 9.17) is 5.10 Å². The van der Waals surface area contributed by atoms with Gasteiger partial charge in [0.2, 0.25) is 10.0 Å². The first-order valence-corrected chi connectivity index (χ1v) is 9.74. The van der Waals surface area contributed by atoms with E-state index >= 15 is 0 Å². The van der Waals surface area contributed by atoms with Gasteiger partial charge in [-0.15, -0.1) is 0 Å². The fourth-order valence-corrected chi connectivity index (χ4v) is 3.93. The summed E-state index contributed by atoms with van der Waals surface area (Å²) in [6.45, 7) is 0.952. The average molecular weight is 331 g/mol. The van der Waals surface area contributed by atoms with Crippen LogP contribution in [0.4, 0.5) is 0 Å². The highest BCUT2D eigenvalue weighted by atomic mass is 32.2. The number of rotatable bonds is 7. The molecule has 0 aliphatic heterocycles. The summed E-state index contributed by atoms with van der Waals surface area (Å²) in [4.78, 5) is 0.307. The Balaban J connectivity index is 1.43. The number of aromatic nitrogens is 2. The first kappa shape index (κ1) is 14.9. The smallest absolute Gasteiger partial charge is 0.240 e. The molecule has 2 saturated carbocycles. The second kappa shape index (κ2) is 5.76. The second-order valence-electron chi connectivity index (χ2n) is 6.48. The predicted octanol–water partition coefficient (Wildman–Crippen LogP) is 2.62. The van der Waals surface area contributed by atoms with Gasteiger partial charge in [0.05, 0.1) is 17.1 Å². The predicted molar refractivity (Wildman–Crippen MR) is 87.8 cm³/mol. The zero-order valence-corrected chi connectivity index (χ0v) is 13.8. The summed E-state index contributed by atoms with van der Waals surface area (Å²) < 4.78 is 29.2. The highest BCUT2D eigenvalue weighted by molar-refractivity contribution is 7.89. The van der Waals surface area contributed by atoms with Crippen LogP contribution in [0.1, 0.15) is 48.9 Å². The third-order valence-corrected chi connectivity index (χ3v) is 5.97. The van der Waals surface area contributed by atoms with Gasteiger partial charge in [0.15, 0.2) is 0 Å². The monoisotopic (exact) mass is 331 g/mol. The Morgan fingerprint density at radius 1 is 1.09 bits per heavy atom. The summed E-state index contributed by atoms with van der Waals surface area (Å²) in [5.74, 6) is 1.26. The lowest BCUT2D eigenvalue weighted by Gasteiger charge is -2.09. The maximum atomic E-state index is 12.2. The topological polar surface area (TPSA) is 64.0 Å². The molecule has 0 spiro atoms. The Labute approximate surface area is 136 Å². The second-order valence-corrected chi connectivity index (χ2v) is 8.24. The molecule has 1 aromatic heterocycles. The minimum Gasteiger partial charge on any atom is -0.268 e. The van der Waals surface area contributed by atoms with E-state index in [1.807, 2.05) is 10.7 Å². The van der Waals surface area contributed by atoms with Gasteiger partial charge in [0, 0.05) is 24.1 Å². The molecule has 0 unspecified atom stereocenters. The molecule has 5 nitrogen and oxygen atoms in total. The molecular formula is C17H21N3O2S. The lowest BCUT2D eigenvalue weighted by atomic mass is 10.2. The molecule has 0 saturated heterocycles. The minimum absolute atomic E-state index is 0.307. The average Bonchev–Trinajstić information content (AvgIpc) is 3.47. The van der Waals surface area contributed by atoms with Crippen LogP contribution in [-0.4, -0.2) is 24.7 Å². The molecule has 122 valence electrons. The van der Waals surface area contributed by atoms with Gasteiger partial charge in [-0.05, 0) is 43.9 Å². The third-order valence-electron chi connectivity index (χ3n) is 4.49. The maximum Gasteiger partial charge on any atom is 0.240 e. The highest BCUT2D eigenvalue weighted by Crippen LogP contribution is 2.44. The fourth-order valence-electron chi connectivity index (χ4n) is 2.89. The van der Waals surface area contributed by atoms with Crippen molar-refractivity contribution in [2.45, 2.75) is 49.0 Å². The van der Waals surface area contributed by atoms with Gasteiger partial charge in [-0.25, -0.2) is 13.1 Å². The summed E-state index contributed by atoms with van der Waals surface area (Å²) in [5.41, 5.74) is 2.48. The molecule has 2 aromatic rings. The van der Waals surface area contributed by atoms with Crippen LogP contribution in [0.5, 0.6) is 0 Å². The molecule has 4 rings (SSSR count). The number of nitrogens with one attached hydrogen (secondary N) is 1. The maximum absolute atomic E-state index is 12.2. The van der Waals surface area contributed by atoms with E-state index in [1.54, 1.807) is 24.3 Å². The van der Waals surface area contributed by atoms with Crippen LogP contribution in [0.15, 0.2) is 41.3 Å². The van der Waals surface area contributed by atoms with Crippen LogP contribution in [0.3, 0.4) is 0 Å². The zero-order valence-electron chi connectivity index (χ0n) is 13.0. The van der Waals surface area contributed by atoms with Gasteiger partial charge in [0.1, 0.15) is 0 Å². The van der Waals surface area contributed by atoms with E-state index in [2.05, 4.69) is 10.8 Å². The van der Waals surface area contributed by atoms with Gasteiger partial charge in [0.25, 0.3) is 0 Å². The van der Waals surface area contributed by atoms with Crippen molar-refractivity contribution in [1.29, 1.82) is 0 Å². The Morgan fingerprint density at radius 3 is 2.43 bits per heavy atom. The number of benzene rings is 1. The molecule has 1 heterocycles. The molecular weight excluding hydrogens is 310 g/mol. The van der Waals surface area contributed by atoms with Gasteiger partial charge < -0.3 is 0 Å². The molecule has 2 fully saturated rings. The Morgan fingerprint density at radius 2 is 1.78 bits per heavy atom. The highest BCUT2D eigenvalue weighted by Gasteiger charge is 2.32. The van der Waals surface area contributed by atoms with Crippen molar-refractivity contribution in [3.8, 4) is 0 Å². The van der Waals surface area contributed by atoms with Crippen LogP contribution in [0, 0.1) is 0 Å². The van der Waals surface area contributed by atoms with E-state index in [0.29, 0.717) is 29.8 Å². The van der Waals surface area contributed by atoms with E-state index in [1.165, 1.54) is 37.1 Å². The van der Waals surface area contributed by atoms with E-state index < -0.39 is 10.0 Å². The van der Waals surface area contributed by atoms with Crippen LogP contribution in [-0.2, 0) is 16.6 Å². The third kappa shape index (κ3) is 3.33. The molecule has 6 heteroatoms. The molecule has 0 atom stereocenters. The summed E-state index contributed by atoms with van der Waals surface area (Å²) in [6, 6.07) is 10.7. The summed E-state index contributed by atoms with van der Waals surface area (Å²) in [5, 5.41) is 4.71. The molecule has 0 radical (unpaired) electrons. The van der Waals surface area contributed by atoms with Gasteiger partial charge in [-0.2, -0.15) is 5.10 Å². The van der Waals surface area contributed by atoms with Crippen molar-refractivity contribution in [3.05, 3.63) is 47.8 Å². The Hall–Kier alpha value is -1.66. The fraction of sp³-hybridized carbons (Fsp3) is 0.471. The number of hydrogen-bond acceptors (Lipinski definition) is 3. The zero-order chi connectivity index (χ0) is 15.9. The van der Waals surface area contributed by atoms with Crippen LogP contribution >= 0.6 is 0 Å². The Bertz CT molecular complexity index is 791. The van der Waals surface area contributed by atoms with Crippen molar-refractivity contribution in [2.75, 3.05) is 6.54 Å². The lowest BCUT2D eigenvalue weighted by Crippen LogP contribution is -2.28. The van der Waals surface area contributed by atoms with Crippen LogP contribution in [0.2, 0.25) is 0 Å². The number of nitrogens with zero attached hydrogens (tertiary/aromatic N) is 2. The van der Waals surface area contributed by atoms with Crippen LogP contribution < -0.4 is 4.72 Å². The van der Waals surface area contributed by atoms with Crippen LogP contribution in [0.25, 0.3) is 0 Å². The number of sulfonamides is 1. The first-order chi connectivity index (χ1) is 11.1. The molecule has 1 N–H and O–H groups in total. The van der Waals surface area contributed by atoms with Gasteiger partial charge in [-0.3, -0.25) is 4.68 Å². The van der Waals surface area contributed by atoms with Crippen molar-refractivity contribution < 1.29 is 8.42 Å². The van der Waals surface area contributed by atoms with Gasteiger partial charge >= 0.3 is 0 Å². The molecule has 0 bridgehead atoms. The SMILES string of the molecule is O=S(=O)(NCCn1nc(C2CC2)cc1C1CC1)c1ccccc1. The normalized spacial score (nSPS) is 18.3. The van der Waals surface area contributed by atoms with E-state index in [0.717, 1.165) is 0 Å². The standard InChI is InChI=1S/C17H21N3O2S/c21-23(22,15-4-2-1-3-5-15)18-10-11-20-17(14-8-9-14)12-16(19-20)13-6-7-13/h1-5,12-14,18H,6-11H2. The summed E-state index contributed by atoms with van der Waals surface area (Å²) in [7, 11) is -3.44.